The monoisotopic (exact) mass is 613 g/mol. The van der Waals surface area contributed by atoms with Crippen LogP contribution in [0.4, 0.5) is 0 Å². The van der Waals surface area contributed by atoms with Crippen LogP contribution in [0.15, 0.2) is 164 Å². The summed E-state index contributed by atoms with van der Waals surface area (Å²) in [5.41, 5.74) is 10.9. The molecular formula is C43H27N5. The molecule has 5 heteroatoms. The van der Waals surface area contributed by atoms with E-state index in [0.29, 0.717) is 5.82 Å². The third-order valence-electron chi connectivity index (χ3n) is 8.88. The van der Waals surface area contributed by atoms with Crippen LogP contribution in [0, 0.1) is 0 Å². The van der Waals surface area contributed by atoms with Crippen molar-refractivity contribution >= 4 is 32.6 Å². The molecule has 0 unspecified atom stereocenters. The summed E-state index contributed by atoms with van der Waals surface area (Å²) in [6, 6.07) is 48.3. The van der Waals surface area contributed by atoms with Crippen LogP contribution in [-0.2, 0) is 0 Å². The zero-order valence-electron chi connectivity index (χ0n) is 25.8. The van der Waals surface area contributed by atoms with E-state index in [0.717, 1.165) is 66.6 Å². The molecule has 0 saturated heterocycles. The van der Waals surface area contributed by atoms with Crippen LogP contribution in [0.2, 0.25) is 0 Å². The van der Waals surface area contributed by atoms with Crippen LogP contribution in [0.25, 0.3) is 88.7 Å². The zero-order chi connectivity index (χ0) is 31.9. The van der Waals surface area contributed by atoms with Gasteiger partial charge >= 0.3 is 0 Å². The van der Waals surface area contributed by atoms with Crippen molar-refractivity contribution < 1.29 is 0 Å². The van der Waals surface area contributed by atoms with Gasteiger partial charge in [0.2, 0.25) is 0 Å². The molecule has 0 fully saturated rings. The predicted molar refractivity (Wildman–Crippen MR) is 195 cm³/mol. The first-order valence-electron chi connectivity index (χ1n) is 15.9. The molecule has 0 saturated carbocycles. The lowest BCUT2D eigenvalue weighted by Crippen LogP contribution is -1.97. The number of hydrogen-bond donors (Lipinski definition) is 0. The second-order valence-corrected chi connectivity index (χ2v) is 11.8. The highest BCUT2D eigenvalue weighted by Crippen LogP contribution is 2.36. The summed E-state index contributed by atoms with van der Waals surface area (Å²) >= 11 is 0. The third-order valence-corrected chi connectivity index (χ3v) is 8.88. The fourth-order valence-electron chi connectivity index (χ4n) is 6.49. The highest BCUT2D eigenvalue weighted by atomic mass is 14.9. The molecule has 0 bridgehead atoms. The molecule has 4 aromatic heterocycles. The van der Waals surface area contributed by atoms with Crippen molar-refractivity contribution in [1.82, 2.24) is 24.9 Å². The first-order chi connectivity index (χ1) is 23.8. The van der Waals surface area contributed by atoms with Gasteiger partial charge < -0.3 is 0 Å². The summed E-state index contributed by atoms with van der Waals surface area (Å²) in [6.07, 6.45) is 7.30. The number of nitrogens with zero attached hydrogens (tertiary/aromatic N) is 5. The topological polar surface area (TPSA) is 64.5 Å². The van der Waals surface area contributed by atoms with Crippen LogP contribution in [-0.4, -0.2) is 24.9 Å². The number of hydrogen-bond acceptors (Lipinski definition) is 5. The molecule has 224 valence electrons. The van der Waals surface area contributed by atoms with Crippen molar-refractivity contribution in [1.29, 1.82) is 0 Å². The van der Waals surface area contributed by atoms with Crippen LogP contribution >= 0.6 is 0 Å². The standard InChI is InChI=1S/C43H27N5/c1-2-11-35-29(7-1)8-3-12-36(35)30-16-20-32(21-17-30)43-47-39(31-18-14-28(15-19-31)34-10-4-22-44-27-34)26-40(48-43)38-25-33-9-5-23-45-41(33)42-37(38)13-6-24-46-42/h1-27H. The molecule has 0 aliphatic heterocycles. The second kappa shape index (κ2) is 11.6. The van der Waals surface area contributed by atoms with Gasteiger partial charge in [0.05, 0.1) is 22.4 Å². The third kappa shape index (κ3) is 4.95. The Balaban J connectivity index is 1.21. The van der Waals surface area contributed by atoms with E-state index in [1.54, 1.807) is 6.20 Å². The Morgan fingerprint density at radius 2 is 1.04 bits per heavy atom. The van der Waals surface area contributed by atoms with Crippen molar-refractivity contribution in [2.24, 2.45) is 0 Å². The molecule has 9 aromatic rings. The molecule has 0 N–H and O–H groups in total. The van der Waals surface area contributed by atoms with E-state index >= 15 is 0 Å². The van der Waals surface area contributed by atoms with Gasteiger partial charge in [0.15, 0.2) is 5.82 Å². The summed E-state index contributed by atoms with van der Waals surface area (Å²) in [5, 5.41) is 4.47. The zero-order valence-corrected chi connectivity index (χ0v) is 25.8. The highest BCUT2D eigenvalue weighted by molar-refractivity contribution is 6.10. The van der Waals surface area contributed by atoms with Gasteiger partial charge in [0, 0.05) is 52.3 Å². The Kier molecular flexibility index (Phi) is 6.72. The van der Waals surface area contributed by atoms with Gasteiger partial charge in [-0.15, -0.1) is 0 Å². The molecule has 5 nitrogen and oxygen atoms in total. The van der Waals surface area contributed by atoms with Crippen molar-refractivity contribution in [2.45, 2.75) is 0 Å². The predicted octanol–water partition coefficient (Wildman–Crippen LogP) is 10.5. The number of aromatic nitrogens is 5. The molecule has 4 heterocycles. The van der Waals surface area contributed by atoms with E-state index in [2.05, 4.69) is 131 Å². The maximum atomic E-state index is 5.21. The van der Waals surface area contributed by atoms with E-state index in [9.17, 15) is 0 Å². The molecule has 0 atom stereocenters. The molecular weight excluding hydrogens is 587 g/mol. The number of fused-ring (bicyclic) bond motifs is 4. The maximum Gasteiger partial charge on any atom is 0.160 e. The van der Waals surface area contributed by atoms with E-state index in [1.807, 2.05) is 36.8 Å². The first-order valence-corrected chi connectivity index (χ1v) is 15.9. The van der Waals surface area contributed by atoms with Crippen molar-refractivity contribution in [3.63, 3.8) is 0 Å². The van der Waals surface area contributed by atoms with E-state index < -0.39 is 0 Å². The minimum atomic E-state index is 0.659. The van der Waals surface area contributed by atoms with Gasteiger partial charge in [0.25, 0.3) is 0 Å². The van der Waals surface area contributed by atoms with E-state index in [4.69, 9.17) is 15.0 Å². The van der Waals surface area contributed by atoms with Crippen molar-refractivity contribution in [3.8, 4) is 56.2 Å². The molecule has 0 radical (unpaired) electrons. The van der Waals surface area contributed by atoms with Crippen LogP contribution < -0.4 is 0 Å². The Labute approximate surface area is 277 Å². The molecule has 9 rings (SSSR count). The number of rotatable bonds is 5. The fourth-order valence-corrected chi connectivity index (χ4v) is 6.49. The number of benzene rings is 5. The van der Waals surface area contributed by atoms with Gasteiger partial charge in [-0.1, -0.05) is 109 Å². The van der Waals surface area contributed by atoms with Crippen molar-refractivity contribution in [3.05, 3.63) is 164 Å². The normalized spacial score (nSPS) is 11.3. The van der Waals surface area contributed by atoms with Crippen LogP contribution in [0.1, 0.15) is 0 Å². The maximum absolute atomic E-state index is 5.21. The smallest absolute Gasteiger partial charge is 0.160 e. The Morgan fingerprint density at radius 3 is 1.90 bits per heavy atom. The van der Waals surface area contributed by atoms with Gasteiger partial charge in [-0.05, 0) is 63.4 Å². The fraction of sp³-hybridized carbons (Fsp3) is 0. The lowest BCUT2D eigenvalue weighted by molar-refractivity contribution is 1.18. The first kappa shape index (κ1) is 27.7. The highest BCUT2D eigenvalue weighted by Gasteiger charge is 2.16. The summed E-state index contributed by atoms with van der Waals surface area (Å²) in [6.45, 7) is 0. The molecule has 0 amide bonds. The molecule has 5 aromatic carbocycles. The lowest BCUT2D eigenvalue weighted by Gasteiger charge is -2.13. The van der Waals surface area contributed by atoms with E-state index in [1.165, 1.54) is 16.3 Å². The average molecular weight is 614 g/mol. The minimum Gasteiger partial charge on any atom is -0.264 e. The molecule has 0 aliphatic carbocycles. The van der Waals surface area contributed by atoms with Gasteiger partial charge in [-0.3, -0.25) is 15.0 Å². The Hall–Kier alpha value is -6.59. The average Bonchev–Trinajstić information content (AvgIpc) is 3.17. The van der Waals surface area contributed by atoms with Crippen LogP contribution in [0.3, 0.4) is 0 Å². The minimum absolute atomic E-state index is 0.659. The largest absolute Gasteiger partial charge is 0.264 e. The molecule has 0 spiro atoms. The Morgan fingerprint density at radius 1 is 0.375 bits per heavy atom. The molecule has 0 aliphatic rings. The van der Waals surface area contributed by atoms with E-state index in [-0.39, 0.29) is 0 Å². The van der Waals surface area contributed by atoms with Gasteiger partial charge in [-0.25, -0.2) is 9.97 Å². The summed E-state index contributed by atoms with van der Waals surface area (Å²) in [4.78, 5) is 24.0. The van der Waals surface area contributed by atoms with Gasteiger partial charge in [-0.2, -0.15) is 0 Å². The number of pyridine rings is 3. The van der Waals surface area contributed by atoms with Crippen LogP contribution in [0.5, 0.6) is 0 Å². The summed E-state index contributed by atoms with van der Waals surface area (Å²) < 4.78 is 0. The summed E-state index contributed by atoms with van der Waals surface area (Å²) in [7, 11) is 0. The quantitative estimate of drug-likeness (QED) is 0.181. The lowest BCUT2D eigenvalue weighted by atomic mass is 9.97. The second-order valence-electron chi connectivity index (χ2n) is 11.8. The Bertz CT molecular complexity index is 2590. The summed E-state index contributed by atoms with van der Waals surface area (Å²) in [5.74, 6) is 0.659. The SMILES string of the molecule is c1cncc(-c2ccc(-c3cc(-c4cc5cccnc5c5ncccc45)nc(-c4ccc(-c5cccc6ccccc56)cc4)n3)cc2)c1. The van der Waals surface area contributed by atoms with Crippen molar-refractivity contribution in [2.75, 3.05) is 0 Å². The molecule has 48 heavy (non-hydrogen) atoms. The van der Waals surface area contributed by atoms with Gasteiger partial charge in [0.1, 0.15) is 0 Å².